The second-order valence-corrected chi connectivity index (χ2v) is 5.49. The van der Waals surface area contributed by atoms with Crippen molar-refractivity contribution in [2.45, 2.75) is 37.6 Å². The van der Waals surface area contributed by atoms with E-state index in [0.717, 1.165) is 37.2 Å². The van der Waals surface area contributed by atoms with Crippen molar-refractivity contribution in [3.8, 4) is 0 Å². The molecule has 0 saturated heterocycles. The molecule has 16 heavy (non-hydrogen) atoms. The fourth-order valence-electron chi connectivity index (χ4n) is 1.99. The number of nitrogens with one attached hydrogen (secondary N) is 1. The van der Waals surface area contributed by atoms with E-state index >= 15 is 0 Å². The summed E-state index contributed by atoms with van der Waals surface area (Å²) in [5, 5.41) is 2.93. The third-order valence-electron chi connectivity index (χ3n) is 2.97. The van der Waals surface area contributed by atoms with Crippen LogP contribution in [-0.4, -0.2) is 29.5 Å². The first-order valence-electron chi connectivity index (χ1n) is 5.95. The van der Waals surface area contributed by atoms with Crippen LogP contribution in [-0.2, 0) is 4.79 Å². The Morgan fingerprint density at radius 2 is 2.12 bits per heavy atom. The fraction of sp³-hybridized carbons (Fsp3) is 0.750. The Kier molecular flexibility index (Phi) is 5.91. The molecule has 0 heterocycles. The van der Waals surface area contributed by atoms with Gasteiger partial charge in [0.15, 0.2) is 0 Å². The lowest BCUT2D eigenvalue weighted by atomic mass is 9.82. The largest absolute Gasteiger partial charge is 0.354 e. The number of amides is 1. The summed E-state index contributed by atoms with van der Waals surface area (Å²) in [6, 6.07) is 0. The van der Waals surface area contributed by atoms with Crippen molar-refractivity contribution >= 4 is 17.7 Å². The zero-order valence-electron chi connectivity index (χ0n) is 9.84. The van der Waals surface area contributed by atoms with Gasteiger partial charge in [-0.3, -0.25) is 4.79 Å². The maximum absolute atomic E-state index is 11.9. The standard InChI is InChI=1S/C12H22N2OS/c1-2-9-16-10-8-14-11(15)12(13)6-4-3-5-7-12/h2H,1,3-10,13H2,(H,14,15). The SMILES string of the molecule is C=CCSCCNC(=O)C1(N)CCCCC1. The van der Waals surface area contributed by atoms with E-state index in [0.29, 0.717) is 6.54 Å². The molecule has 0 aromatic heterocycles. The topological polar surface area (TPSA) is 55.1 Å². The van der Waals surface area contributed by atoms with E-state index in [2.05, 4.69) is 11.9 Å². The van der Waals surface area contributed by atoms with E-state index in [1.807, 2.05) is 6.08 Å². The average Bonchev–Trinajstić information content (AvgIpc) is 2.29. The average molecular weight is 242 g/mol. The summed E-state index contributed by atoms with van der Waals surface area (Å²) in [7, 11) is 0. The van der Waals surface area contributed by atoms with Gasteiger partial charge in [-0.2, -0.15) is 11.8 Å². The molecule has 0 spiro atoms. The number of hydrogen-bond acceptors (Lipinski definition) is 3. The smallest absolute Gasteiger partial charge is 0.240 e. The van der Waals surface area contributed by atoms with Gasteiger partial charge in [0.05, 0.1) is 5.54 Å². The molecule has 0 bridgehead atoms. The predicted molar refractivity (Wildman–Crippen MR) is 70.5 cm³/mol. The van der Waals surface area contributed by atoms with Crippen LogP contribution < -0.4 is 11.1 Å². The molecule has 1 aliphatic rings. The van der Waals surface area contributed by atoms with Crippen LogP contribution in [0.2, 0.25) is 0 Å². The number of thioether (sulfide) groups is 1. The van der Waals surface area contributed by atoms with Crippen molar-refractivity contribution in [3.05, 3.63) is 12.7 Å². The monoisotopic (exact) mass is 242 g/mol. The molecule has 92 valence electrons. The van der Waals surface area contributed by atoms with Gasteiger partial charge in [0, 0.05) is 18.1 Å². The first kappa shape index (κ1) is 13.6. The van der Waals surface area contributed by atoms with Gasteiger partial charge in [0.25, 0.3) is 0 Å². The van der Waals surface area contributed by atoms with Gasteiger partial charge in [0.2, 0.25) is 5.91 Å². The molecule has 3 N–H and O–H groups in total. The van der Waals surface area contributed by atoms with Crippen LogP contribution in [0.4, 0.5) is 0 Å². The molecule has 1 rings (SSSR count). The van der Waals surface area contributed by atoms with E-state index in [4.69, 9.17) is 5.73 Å². The Labute approximate surface area is 102 Å². The number of hydrogen-bond donors (Lipinski definition) is 2. The summed E-state index contributed by atoms with van der Waals surface area (Å²) in [5.74, 6) is 1.89. The number of rotatable bonds is 6. The molecule has 0 radical (unpaired) electrons. The lowest BCUT2D eigenvalue weighted by Crippen LogP contribution is -2.55. The fourth-order valence-corrected chi connectivity index (χ4v) is 2.57. The summed E-state index contributed by atoms with van der Waals surface area (Å²) in [6.07, 6.45) is 6.90. The van der Waals surface area contributed by atoms with Crippen molar-refractivity contribution < 1.29 is 4.79 Å². The summed E-state index contributed by atoms with van der Waals surface area (Å²) in [6.45, 7) is 4.35. The van der Waals surface area contributed by atoms with Gasteiger partial charge in [-0.05, 0) is 12.8 Å². The van der Waals surface area contributed by atoms with E-state index in [9.17, 15) is 4.79 Å². The molecular weight excluding hydrogens is 220 g/mol. The third kappa shape index (κ3) is 4.18. The number of carbonyl (C=O) groups excluding carboxylic acids is 1. The molecule has 0 aromatic rings. The molecule has 0 unspecified atom stereocenters. The van der Waals surface area contributed by atoms with Crippen LogP contribution in [0.3, 0.4) is 0 Å². The first-order valence-corrected chi connectivity index (χ1v) is 7.10. The first-order chi connectivity index (χ1) is 7.69. The van der Waals surface area contributed by atoms with Crippen molar-refractivity contribution in [3.63, 3.8) is 0 Å². The van der Waals surface area contributed by atoms with Crippen molar-refractivity contribution in [2.75, 3.05) is 18.1 Å². The van der Waals surface area contributed by atoms with Crippen LogP contribution in [0.1, 0.15) is 32.1 Å². The van der Waals surface area contributed by atoms with Gasteiger partial charge in [0.1, 0.15) is 0 Å². The van der Waals surface area contributed by atoms with Gasteiger partial charge in [-0.15, -0.1) is 6.58 Å². The summed E-state index contributed by atoms with van der Waals surface area (Å²) >= 11 is 1.77. The Morgan fingerprint density at radius 1 is 1.44 bits per heavy atom. The van der Waals surface area contributed by atoms with E-state index in [1.54, 1.807) is 11.8 Å². The Bertz CT molecular complexity index is 237. The van der Waals surface area contributed by atoms with Crippen molar-refractivity contribution in [1.82, 2.24) is 5.32 Å². The van der Waals surface area contributed by atoms with E-state index in [-0.39, 0.29) is 5.91 Å². The highest BCUT2D eigenvalue weighted by Crippen LogP contribution is 2.25. The third-order valence-corrected chi connectivity index (χ3v) is 3.93. The second-order valence-electron chi connectivity index (χ2n) is 4.34. The normalized spacial score (nSPS) is 19.1. The minimum Gasteiger partial charge on any atom is -0.354 e. The molecule has 1 saturated carbocycles. The lowest BCUT2D eigenvalue weighted by molar-refractivity contribution is -0.127. The van der Waals surface area contributed by atoms with Gasteiger partial charge in [-0.25, -0.2) is 0 Å². The van der Waals surface area contributed by atoms with Crippen LogP contribution in [0.25, 0.3) is 0 Å². The minimum absolute atomic E-state index is 0.0337. The Hall–Kier alpha value is -0.480. The summed E-state index contributed by atoms with van der Waals surface area (Å²) in [4.78, 5) is 11.9. The molecule has 0 aromatic carbocycles. The minimum atomic E-state index is -0.596. The Morgan fingerprint density at radius 3 is 2.75 bits per heavy atom. The van der Waals surface area contributed by atoms with E-state index in [1.165, 1.54) is 6.42 Å². The molecule has 0 atom stereocenters. The van der Waals surface area contributed by atoms with Crippen molar-refractivity contribution in [2.24, 2.45) is 5.73 Å². The van der Waals surface area contributed by atoms with Crippen molar-refractivity contribution in [1.29, 1.82) is 0 Å². The van der Waals surface area contributed by atoms with Crippen LogP contribution in [0.15, 0.2) is 12.7 Å². The predicted octanol–water partition coefficient (Wildman–Crippen LogP) is 1.68. The number of nitrogens with two attached hydrogens (primary N) is 1. The van der Waals surface area contributed by atoms with Gasteiger partial charge in [-0.1, -0.05) is 25.3 Å². The highest BCUT2D eigenvalue weighted by molar-refractivity contribution is 7.99. The molecule has 1 fully saturated rings. The molecule has 1 amide bonds. The van der Waals surface area contributed by atoms with Gasteiger partial charge >= 0.3 is 0 Å². The maximum atomic E-state index is 11.9. The molecule has 4 heteroatoms. The quantitative estimate of drug-likeness (QED) is 0.550. The van der Waals surface area contributed by atoms with Crippen LogP contribution in [0.5, 0.6) is 0 Å². The Balaban J connectivity index is 2.20. The highest BCUT2D eigenvalue weighted by atomic mass is 32.2. The molecule has 1 aliphatic carbocycles. The summed E-state index contributed by atoms with van der Waals surface area (Å²) < 4.78 is 0. The highest BCUT2D eigenvalue weighted by Gasteiger charge is 2.34. The van der Waals surface area contributed by atoms with Crippen LogP contribution >= 0.6 is 11.8 Å². The molecule has 0 aliphatic heterocycles. The zero-order chi connectivity index (χ0) is 11.9. The summed E-state index contributed by atoms with van der Waals surface area (Å²) in [5.41, 5.74) is 5.51. The molecular formula is C12H22N2OS. The number of carbonyl (C=O) groups is 1. The zero-order valence-corrected chi connectivity index (χ0v) is 10.7. The lowest BCUT2D eigenvalue weighted by Gasteiger charge is -2.31. The van der Waals surface area contributed by atoms with Gasteiger partial charge < -0.3 is 11.1 Å². The molecule has 3 nitrogen and oxygen atoms in total. The second kappa shape index (κ2) is 6.97. The van der Waals surface area contributed by atoms with E-state index < -0.39 is 5.54 Å². The van der Waals surface area contributed by atoms with Crippen LogP contribution in [0, 0.1) is 0 Å². The maximum Gasteiger partial charge on any atom is 0.240 e.